The minimum atomic E-state index is -0.0570. The number of aromatic nitrogens is 1. The molecule has 2 aromatic rings. The van der Waals surface area contributed by atoms with Crippen LogP contribution in [0.1, 0.15) is 31.2 Å². The highest BCUT2D eigenvalue weighted by Gasteiger charge is 2.14. The summed E-state index contributed by atoms with van der Waals surface area (Å²) in [4.78, 5) is 16.5. The van der Waals surface area contributed by atoms with Gasteiger partial charge in [-0.15, -0.1) is 0 Å². The van der Waals surface area contributed by atoms with E-state index >= 15 is 0 Å². The van der Waals surface area contributed by atoms with E-state index in [2.05, 4.69) is 15.6 Å². The number of carbonyl (C=O) groups excluding carboxylic acids is 1. The first-order valence-corrected chi connectivity index (χ1v) is 8.38. The average Bonchev–Trinajstić information content (AvgIpc) is 3.10. The fourth-order valence-electron chi connectivity index (χ4n) is 2.97. The number of nitrogens with one attached hydrogen (secondary N) is 2. The van der Waals surface area contributed by atoms with Crippen molar-refractivity contribution in [2.75, 3.05) is 17.7 Å². The second kappa shape index (κ2) is 7.81. The van der Waals surface area contributed by atoms with Gasteiger partial charge >= 0.3 is 0 Å². The SMILES string of the molecule is COc1ccc(CC(=O)Nc2ccc(NC3CCCC3)nc2)cc1. The van der Waals surface area contributed by atoms with E-state index in [-0.39, 0.29) is 5.91 Å². The lowest BCUT2D eigenvalue weighted by Crippen LogP contribution is -2.16. The van der Waals surface area contributed by atoms with Crippen molar-refractivity contribution in [2.45, 2.75) is 38.1 Å². The zero-order valence-electron chi connectivity index (χ0n) is 13.9. The smallest absolute Gasteiger partial charge is 0.228 e. The van der Waals surface area contributed by atoms with E-state index in [0.717, 1.165) is 17.1 Å². The number of ether oxygens (including phenoxy) is 1. The lowest BCUT2D eigenvalue weighted by atomic mass is 10.1. The standard InChI is InChI=1S/C19H23N3O2/c1-24-17-9-6-14(7-10-17)12-19(23)22-16-8-11-18(20-13-16)21-15-4-2-3-5-15/h6-11,13,15H,2-5,12H2,1H3,(H,20,21)(H,22,23). The Labute approximate surface area is 142 Å². The third-order valence-corrected chi connectivity index (χ3v) is 4.28. The molecular formula is C19H23N3O2. The Balaban J connectivity index is 1.51. The van der Waals surface area contributed by atoms with Crippen LogP contribution in [-0.2, 0) is 11.2 Å². The van der Waals surface area contributed by atoms with Gasteiger partial charge in [-0.1, -0.05) is 25.0 Å². The predicted molar refractivity (Wildman–Crippen MR) is 95.4 cm³/mol. The zero-order valence-corrected chi connectivity index (χ0v) is 13.9. The summed E-state index contributed by atoms with van der Waals surface area (Å²) in [5.41, 5.74) is 1.66. The molecule has 1 aliphatic carbocycles. The summed E-state index contributed by atoms with van der Waals surface area (Å²) in [6.07, 6.45) is 7.02. The zero-order chi connectivity index (χ0) is 16.8. The number of hydrogen-bond donors (Lipinski definition) is 2. The second-order valence-corrected chi connectivity index (χ2v) is 6.13. The van der Waals surface area contributed by atoms with Crippen LogP contribution in [0.2, 0.25) is 0 Å². The predicted octanol–water partition coefficient (Wildman–Crippen LogP) is 3.63. The van der Waals surface area contributed by atoms with Crippen molar-refractivity contribution in [1.29, 1.82) is 0 Å². The molecule has 1 aliphatic rings. The topological polar surface area (TPSA) is 63.2 Å². The van der Waals surface area contributed by atoms with Crippen LogP contribution < -0.4 is 15.4 Å². The van der Waals surface area contributed by atoms with E-state index in [0.29, 0.717) is 18.2 Å². The average molecular weight is 325 g/mol. The van der Waals surface area contributed by atoms with Gasteiger partial charge in [-0.2, -0.15) is 0 Å². The molecule has 0 spiro atoms. The number of amides is 1. The van der Waals surface area contributed by atoms with Crippen LogP contribution in [-0.4, -0.2) is 24.0 Å². The van der Waals surface area contributed by atoms with Crippen LogP contribution in [0.25, 0.3) is 0 Å². The van der Waals surface area contributed by atoms with E-state index in [1.165, 1.54) is 25.7 Å². The summed E-state index contributed by atoms with van der Waals surface area (Å²) in [6, 6.07) is 11.8. The Kier molecular flexibility index (Phi) is 5.31. The van der Waals surface area contributed by atoms with Gasteiger partial charge in [-0.05, 0) is 42.7 Å². The summed E-state index contributed by atoms with van der Waals surface area (Å²) < 4.78 is 5.11. The summed E-state index contributed by atoms with van der Waals surface area (Å²) in [6.45, 7) is 0. The lowest BCUT2D eigenvalue weighted by Gasteiger charge is -2.13. The number of rotatable bonds is 6. The van der Waals surface area contributed by atoms with Crippen molar-refractivity contribution >= 4 is 17.4 Å². The quantitative estimate of drug-likeness (QED) is 0.851. The Hall–Kier alpha value is -2.56. The van der Waals surface area contributed by atoms with Crippen molar-refractivity contribution in [3.8, 4) is 5.75 Å². The fraction of sp³-hybridized carbons (Fsp3) is 0.368. The molecule has 5 nitrogen and oxygen atoms in total. The molecule has 0 aliphatic heterocycles. The van der Waals surface area contributed by atoms with E-state index in [4.69, 9.17) is 4.74 Å². The minimum absolute atomic E-state index is 0.0570. The summed E-state index contributed by atoms with van der Waals surface area (Å²) in [5.74, 6) is 1.60. The van der Waals surface area contributed by atoms with Crippen LogP contribution >= 0.6 is 0 Å². The molecule has 126 valence electrons. The maximum atomic E-state index is 12.1. The molecule has 0 unspecified atom stereocenters. The fourth-order valence-corrected chi connectivity index (χ4v) is 2.97. The van der Waals surface area contributed by atoms with Crippen molar-refractivity contribution in [3.63, 3.8) is 0 Å². The van der Waals surface area contributed by atoms with Gasteiger partial charge in [0.05, 0.1) is 25.4 Å². The van der Waals surface area contributed by atoms with Crippen molar-refractivity contribution in [2.24, 2.45) is 0 Å². The van der Waals surface area contributed by atoms with Gasteiger partial charge in [-0.3, -0.25) is 4.79 Å². The van der Waals surface area contributed by atoms with Crippen LogP contribution in [0.5, 0.6) is 5.75 Å². The van der Waals surface area contributed by atoms with Crippen LogP contribution in [0.3, 0.4) is 0 Å². The number of carbonyl (C=O) groups is 1. The Bertz CT molecular complexity index is 662. The molecular weight excluding hydrogens is 302 g/mol. The monoisotopic (exact) mass is 325 g/mol. The first-order valence-electron chi connectivity index (χ1n) is 8.38. The Morgan fingerprint density at radius 1 is 1.17 bits per heavy atom. The van der Waals surface area contributed by atoms with Crippen LogP contribution in [0, 0.1) is 0 Å². The highest BCUT2D eigenvalue weighted by Crippen LogP contribution is 2.22. The Morgan fingerprint density at radius 2 is 1.92 bits per heavy atom. The molecule has 0 radical (unpaired) electrons. The van der Waals surface area contributed by atoms with E-state index < -0.39 is 0 Å². The molecule has 0 saturated heterocycles. The van der Waals surface area contributed by atoms with E-state index in [9.17, 15) is 4.79 Å². The number of hydrogen-bond acceptors (Lipinski definition) is 4. The molecule has 5 heteroatoms. The molecule has 2 N–H and O–H groups in total. The van der Waals surface area contributed by atoms with Gasteiger partial charge in [0.15, 0.2) is 0 Å². The van der Waals surface area contributed by atoms with Crippen molar-refractivity contribution < 1.29 is 9.53 Å². The van der Waals surface area contributed by atoms with E-state index in [1.54, 1.807) is 13.3 Å². The highest BCUT2D eigenvalue weighted by molar-refractivity contribution is 5.92. The molecule has 1 fully saturated rings. The third kappa shape index (κ3) is 4.47. The maximum absolute atomic E-state index is 12.1. The summed E-state index contributed by atoms with van der Waals surface area (Å²) in [7, 11) is 1.62. The molecule has 24 heavy (non-hydrogen) atoms. The van der Waals surface area contributed by atoms with Crippen molar-refractivity contribution in [3.05, 3.63) is 48.2 Å². The Morgan fingerprint density at radius 3 is 2.54 bits per heavy atom. The molecule has 0 atom stereocenters. The lowest BCUT2D eigenvalue weighted by molar-refractivity contribution is -0.115. The molecule has 1 saturated carbocycles. The highest BCUT2D eigenvalue weighted by atomic mass is 16.5. The number of nitrogens with zero attached hydrogens (tertiary/aromatic N) is 1. The maximum Gasteiger partial charge on any atom is 0.228 e. The van der Waals surface area contributed by atoms with Crippen LogP contribution in [0.4, 0.5) is 11.5 Å². The normalized spacial score (nSPS) is 14.4. The summed E-state index contributed by atoms with van der Waals surface area (Å²) in [5, 5.41) is 6.32. The number of anilines is 2. The van der Waals surface area contributed by atoms with Crippen LogP contribution in [0.15, 0.2) is 42.6 Å². The van der Waals surface area contributed by atoms with E-state index in [1.807, 2.05) is 36.4 Å². The molecule has 1 heterocycles. The number of methoxy groups -OCH3 is 1. The largest absolute Gasteiger partial charge is 0.497 e. The van der Waals surface area contributed by atoms with Gasteiger partial charge in [0.25, 0.3) is 0 Å². The van der Waals surface area contributed by atoms with Crippen molar-refractivity contribution in [1.82, 2.24) is 4.98 Å². The number of benzene rings is 1. The molecule has 3 rings (SSSR count). The summed E-state index contributed by atoms with van der Waals surface area (Å²) >= 11 is 0. The molecule has 1 aromatic heterocycles. The molecule has 1 aromatic carbocycles. The van der Waals surface area contributed by atoms with Gasteiger partial charge in [-0.25, -0.2) is 4.98 Å². The first kappa shape index (κ1) is 16.3. The molecule has 0 bridgehead atoms. The molecule has 1 amide bonds. The first-order chi connectivity index (χ1) is 11.7. The van der Waals surface area contributed by atoms with Gasteiger partial charge in [0.2, 0.25) is 5.91 Å². The third-order valence-electron chi connectivity index (χ3n) is 4.28. The second-order valence-electron chi connectivity index (χ2n) is 6.13. The minimum Gasteiger partial charge on any atom is -0.497 e. The van der Waals surface area contributed by atoms with Gasteiger partial charge < -0.3 is 15.4 Å². The van der Waals surface area contributed by atoms with Gasteiger partial charge in [0.1, 0.15) is 11.6 Å². The van der Waals surface area contributed by atoms with Gasteiger partial charge in [0, 0.05) is 6.04 Å². The number of pyridine rings is 1.